The van der Waals surface area contributed by atoms with E-state index in [1.807, 2.05) is 0 Å². The topological polar surface area (TPSA) is 237 Å². The Kier molecular flexibility index (Phi) is 59.9. The first kappa shape index (κ1) is 86.1. The van der Waals surface area contributed by atoms with Gasteiger partial charge in [-0.3, -0.25) is 37.3 Å². The maximum Gasteiger partial charge on any atom is 0.472 e. The molecule has 0 saturated carbocycles. The Balaban J connectivity index is 5.17. The van der Waals surface area contributed by atoms with Crippen molar-refractivity contribution in [1.82, 2.24) is 0 Å². The van der Waals surface area contributed by atoms with Crippen molar-refractivity contribution >= 4 is 39.5 Å². The highest BCUT2D eigenvalue weighted by Gasteiger charge is 2.30. The number of aliphatic hydroxyl groups is 1. The molecule has 0 amide bonds. The second-order valence-corrected chi connectivity index (χ2v) is 28.8. The molecule has 0 rings (SSSR count). The maximum atomic E-state index is 13.0. The van der Waals surface area contributed by atoms with Gasteiger partial charge in [0.25, 0.3) is 0 Å². The number of ether oxygens (including phenoxy) is 4. The van der Waals surface area contributed by atoms with Gasteiger partial charge in [-0.1, -0.05) is 298 Å². The van der Waals surface area contributed by atoms with E-state index in [4.69, 9.17) is 37.0 Å². The number of carbonyl (C=O) groups excluding carboxylic acids is 4. The summed E-state index contributed by atoms with van der Waals surface area (Å²) < 4.78 is 68.1. The molecular weight excluding hydrogens is 1160 g/mol. The summed E-state index contributed by atoms with van der Waals surface area (Å²) in [5.74, 6) is -0.784. The fourth-order valence-corrected chi connectivity index (χ4v) is 12.0. The Labute approximate surface area is 537 Å². The van der Waals surface area contributed by atoms with Gasteiger partial charge in [0.2, 0.25) is 0 Å². The standard InChI is InChI=1S/C69H134O17P2/c1-7-9-11-13-15-17-19-20-21-22-23-24-25-26-28-30-32-41-47-53-68(73)85-64(57-79-66(71)51-45-39-31-29-27-18-16-14-12-10-8-2)59-83-87(75,76)81-55-63(70)56-82-88(77,78)84-60-65(86-69(74)54-48-42-36-34-38-44-50-62(5)6)58-80-67(72)52-46-40-35-33-37-43-49-61(3)4/h61-65,70H,7-60H2,1-6H3,(H,75,76)(H,77,78)/t63-,64-,65-/m1/s1. The monoisotopic (exact) mass is 1300 g/mol. The minimum atomic E-state index is -4.95. The molecule has 17 nitrogen and oxygen atoms in total. The zero-order valence-electron chi connectivity index (χ0n) is 57.0. The zero-order chi connectivity index (χ0) is 65.0. The van der Waals surface area contributed by atoms with Crippen LogP contribution in [0, 0.1) is 11.8 Å². The van der Waals surface area contributed by atoms with Crippen LogP contribution in [0.4, 0.5) is 0 Å². The Bertz CT molecular complexity index is 1720. The van der Waals surface area contributed by atoms with Gasteiger partial charge >= 0.3 is 39.5 Å². The molecule has 3 N–H and O–H groups in total. The number of aliphatic hydroxyl groups excluding tert-OH is 1. The van der Waals surface area contributed by atoms with Crippen LogP contribution in [0.25, 0.3) is 0 Å². The summed E-state index contributed by atoms with van der Waals surface area (Å²) in [6, 6.07) is 0. The minimum Gasteiger partial charge on any atom is -0.462 e. The molecule has 0 aliphatic carbocycles. The van der Waals surface area contributed by atoms with Gasteiger partial charge in [-0.15, -0.1) is 0 Å². The van der Waals surface area contributed by atoms with Gasteiger partial charge in [0, 0.05) is 25.7 Å². The third-order valence-electron chi connectivity index (χ3n) is 16.0. The van der Waals surface area contributed by atoms with Crippen LogP contribution in [-0.4, -0.2) is 96.7 Å². The quantitative estimate of drug-likeness (QED) is 0.0222. The van der Waals surface area contributed by atoms with Gasteiger partial charge in [-0.25, -0.2) is 9.13 Å². The number of hydrogen-bond acceptors (Lipinski definition) is 15. The van der Waals surface area contributed by atoms with Crippen LogP contribution in [0.5, 0.6) is 0 Å². The van der Waals surface area contributed by atoms with Crippen LogP contribution in [0.1, 0.15) is 350 Å². The third kappa shape index (κ3) is 62.8. The number of unbranched alkanes of at least 4 members (excludes halogenated alkanes) is 38. The van der Waals surface area contributed by atoms with Gasteiger partial charge in [0.1, 0.15) is 19.3 Å². The first-order valence-corrected chi connectivity index (χ1v) is 39.0. The lowest BCUT2D eigenvalue weighted by Crippen LogP contribution is -2.30. The van der Waals surface area contributed by atoms with Gasteiger partial charge in [0.05, 0.1) is 26.4 Å². The average molecular weight is 1300 g/mol. The molecule has 0 heterocycles. The molecule has 0 aromatic carbocycles. The number of esters is 4. The van der Waals surface area contributed by atoms with E-state index in [1.165, 1.54) is 161 Å². The van der Waals surface area contributed by atoms with Gasteiger partial charge in [-0.05, 0) is 37.5 Å². The molecule has 0 bridgehead atoms. The number of phosphoric acid groups is 2. The minimum absolute atomic E-state index is 0.101. The van der Waals surface area contributed by atoms with Crippen LogP contribution in [0.2, 0.25) is 0 Å². The highest BCUT2D eigenvalue weighted by Crippen LogP contribution is 2.45. The summed E-state index contributed by atoms with van der Waals surface area (Å²) in [4.78, 5) is 72.3. The summed E-state index contributed by atoms with van der Waals surface area (Å²) in [5.41, 5.74) is 0. The highest BCUT2D eigenvalue weighted by atomic mass is 31.2. The fraction of sp³-hybridized carbons (Fsp3) is 0.942. The van der Waals surface area contributed by atoms with E-state index in [0.29, 0.717) is 37.5 Å². The van der Waals surface area contributed by atoms with Crippen molar-refractivity contribution in [2.24, 2.45) is 11.8 Å². The van der Waals surface area contributed by atoms with Gasteiger partial charge in [0.15, 0.2) is 12.2 Å². The zero-order valence-corrected chi connectivity index (χ0v) is 58.8. The largest absolute Gasteiger partial charge is 0.472 e. The predicted octanol–water partition coefficient (Wildman–Crippen LogP) is 19.6. The van der Waals surface area contributed by atoms with Crippen LogP contribution in [-0.2, 0) is 65.4 Å². The molecule has 0 saturated heterocycles. The Hall–Kier alpha value is -1.94. The Morgan fingerprint density at radius 1 is 0.307 bits per heavy atom. The van der Waals surface area contributed by atoms with Crippen LogP contribution >= 0.6 is 15.6 Å². The molecule has 88 heavy (non-hydrogen) atoms. The highest BCUT2D eigenvalue weighted by molar-refractivity contribution is 7.47. The van der Waals surface area contributed by atoms with Crippen LogP contribution in [0.3, 0.4) is 0 Å². The lowest BCUT2D eigenvalue weighted by atomic mass is 10.0. The molecule has 19 heteroatoms. The molecule has 0 spiro atoms. The van der Waals surface area contributed by atoms with E-state index in [2.05, 4.69) is 41.5 Å². The average Bonchev–Trinajstić information content (AvgIpc) is 3.68. The summed E-state index contributed by atoms with van der Waals surface area (Å²) in [7, 11) is -9.89. The van der Waals surface area contributed by atoms with E-state index in [-0.39, 0.29) is 25.7 Å². The van der Waals surface area contributed by atoms with Crippen molar-refractivity contribution in [3.63, 3.8) is 0 Å². The molecule has 5 atom stereocenters. The van der Waals surface area contributed by atoms with Gasteiger partial charge in [-0.2, -0.15) is 0 Å². The molecular formula is C69H134O17P2. The number of carbonyl (C=O) groups is 4. The normalized spacial score (nSPS) is 14.2. The van der Waals surface area contributed by atoms with E-state index in [9.17, 15) is 43.2 Å². The maximum absolute atomic E-state index is 13.0. The van der Waals surface area contributed by atoms with Crippen molar-refractivity contribution in [2.75, 3.05) is 39.6 Å². The van der Waals surface area contributed by atoms with Crippen molar-refractivity contribution in [1.29, 1.82) is 0 Å². The summed E-state index contributed by atoms with van der Waals surface area (Å²) in [6.45, 7) is 9.35. The number of phosphoric ester groups is 2. The summed E-state index contributed by atoms with van der Waals surface area (Å²) in [5, 5.41) is 10.6. The van der Waals surface area contributed by atoms with Crippen LogP contribution < -0.4 is 0 Å². The Morgan fingerprint density at radius 2 is 0.523 bits per heavy atom. The van der Waals surface area contributed by atoms with Crippen molar-refractivity contribution in [3.8, 4) is 0 Å². The summed E-state index contributed by atoms with van der Waals surface area (Å²) >= 11 is 0. The van der Waals surface area contributed by atoms with E-state index in [0.717, 1.165) is 96.3 Å². The molecule has 0 aliphatic heterocycles. The van der Waals surface area contributed by atoms with Crippen LogP contribution in [0.15, 0.2) is 0 Å². The fourth-order valence-electron chi connectivity index (χ4n) is 10.4. The molecule has 2 unspecified atom stereocenters. The second-order valence-electron chi connectivity index (χ2n) is 25.9. The molecule has 0 aliphatic rings. The van der Waals surface area contributed by atoms with Crippen molar-refractivity contribution in [3.05, 3.63) is 0 Å². The molecule has 0 fully saturated rings. The molecule has 522 valence electrons. The first-order valence-electron chi connectivity index (χ1n) is 36.0. The van der Waals surface area contributed by atoms with E-state index < -0.39 is 97.5 Å². The van der Waals surface area contributed by atoms with E-state index >= 15 is 0 Å². The second kappa shape index (κ2) is 61.3. The smallest absolute Gasteiger partial charge is 0.462 e. The van der Waals surface area contributed by atoms with Gasteiger partial charge < -0.3 is 33.8 Å². The lowest BCUT2D eigenvalue weighted by molar-refractivity contribution is -0.161. The summed E-state index contributed by atoms with van der Waals surface area (Å²) in [6.07, 6.45) is 46.2. The SMILES string of the molecule is CCCCCCCCCCCCCCCCCCCCCC(=O)O[C@H](COC(=O)CCCCCCCCCCCCC)COP(=O)(O)OC[C@@H](O)COP(=O)(O)OC[C@@H](COC(=O)CCCCCCCCC(C)C)OC(=O)CCCCCCCCC(C)C. The lowest BCUT2D eigenvalue weighted by Gasteiger charge is -2.21. The first-order chi connectivity index (χ1) is 42.4. The Morgan fingerprint density at radius 3 is 0.773 bits per heavy atom. The van der Waals surface area contributed by atoms with Crippen molar-refractivity contribution < 1.29 is 80.2 Å². The predicted molar refractivity (Wildman–Crippen MR) is 354 cm³/mol. The van der Waals surface area contributed by atoms with E-state index in [1.54, 1.807) is 0 Å². The van der Waals surface area contributed by atoms with Crippen molar-refractivity contribution in [2.45, 2.75) is 368 Å². The molecule has 0 radical (unpaired) electrons. The molecule has 0 aromatic heterocycles. The number of hydrogen-bond donors (Lipinski definition) is 3. The molecule has 0 aromatic rings. The third-order valence-corrected chi connectivity index (χ3v) is 17.9. The number of rotatable bonds is 68.